The van der Waals surface area contributed by atoms with Crippen LogP contribution >= 0.6 is 15.9 Å². The van der Waals surface area contributed by atoms with Crippen molar-refractivity contribution >= 4 is 33.5 Å². The van der Waals surface area contributed by atoms with E-state index < -0.39 is 5.60 Å². The van der Waals surface area contributed by atoms with Gasteiger partial charge in [-0.2, -0.15) is 5.26 Å². The average Bonchev–Trinajstić information content (AvgIpc) is 2.77. The number of phenols is 1. The molecule has 8 heteroatoms. The second kappa shape index (κ2) is 10.6. The van der Waals surface area contributed by atoms with Gasteiger partial charge in [0.1, 0.15) is 11.7 Å². The van der Waals surface area contributed by atoms with E-state index in [9.17, 15) is 20.0 Å². The van der Waals surface area contributed by atoms with Gasteiger partial charge in [0.2, 0.25) is 0 Å². The number of nitrogens with one attached hydrogen (secondary N) is 1. The molecule has 0 radical (unpaired) electrons. The number of rotatable bonds is 5. The third kappa shape index (κ3) is 6.37. The number of piperidine rings is 1. The number of aromatic hydroxyl groups is 1. The Labute approximate surface area is 208 Å². The third-order valence-corrected chi connectivity index (χ3v) is 6.64. The maximum Gasteiger partial charge on any atom is 0.309 e. The number of esters is 1. The van der Waals surface area contributed by atoms with E-state index in [0.29, 0.717) is 38.0 Å². The van der Waals surface area contributed by atoms with Crippen LogP contribution in [0, 0.1) is 24.2 Å². The fraction of sp³-hybridized carbons (Fsp3) is 0.423. The van der Waals surface area contributed by atoms with Crippen molar-refractivity contribution < 1.29 is 19.4 Å². The highest BCUT2D eigenvalue weighted by Crippen LogP contribution is 2.31. The molecule has 1 fully saturated rings. The molecule has 1 aliphatic rings. The summed E-state index contributed by atoms with van der Waals surface area (Å²) in [6.07, 6.45) is 1.40. The van der Waals surface area contributed by atoms with Gasteiger partial charge < -0.3 is 15.2 Å². The molecule has 7 nitrogen and oxygen atoms in total. The smallest absolute Gasteiger partial charge is 0.309 e. The van der Waals surface area contributed by atoms with Gasteiger partial charge >= 0.3 is 5.97 Å². The highest BCUT2D eigenvalue weighted by atomic mass is 79.9. The van der Waals surface area contributed by atoms with Gasteiger partial charge in [0, 0.05) is 16.6 Å². The quantitative estimate of drug-likeness (QED) is 0.412. The molecule has 0 atom stereocenters. The lowest BCUT2D eigenvalue weighted by Crippen LogP contribution is -2.38. The lowest BCUT2D eigenvalue weighted by molar-refractivity contribution is -0.161. The molecule has 0 aromatic heterocycles. The molecule has 0 bridgehead atoms. The summed E-state index contributed by atoms with van der Waals surface area (Å²) < 4.78 is 6.33. The maximum absolute atomic E-state index is 12.9. The summed E-state index contributed by atoms with van der Waals surface area (Å²) in [4.78, 5) is 27.4. The average molecular weight is 528 g/mol. The molecule has 34 heavy (non-hydrogen) atoms. The van der Waals surface area contributed by atoms with Gasteiger partial charge in [-0.05, 0) is 89.0 Å². The number of amides is 1. The molecule has 0 aliphatic carbocycles. The van der Waals surface area contributed by atoms with Gasteiger partial charge in [0.05, 0.1) is 17.2 Å². The van der Waals surface area contributed by atoms with Gasteiger partial charge in [-0.25, -0.2) is 0 Å². The lowest BCUT2D eigenvalue weighted by atomic mass is 9.96. The van der Waals surface area contributed by atoms with Gasteiger partial charge in [0.15, 0.2) is 5.75 Å². The summed E-state index contributed by atoms with van der Waals surface area (Å²) in [7, 11) is 0. The summed E-state index contributed by atoms with van der Waals surface area (Å²) in [5.74, 6) is -0.895. The standard InChI is InChI=1S/C26H30BrN3O4/c1-16-20(6-5-7-21(16)27)24(32)29-22-13-17(12-19(14-28)23(22)31)15-30-10-8-18(9-11-30)25(33)34-26(2,3)4/h5-7,12-13,18,31H,8-11,15H2,1-4H3,(H,29,32). The molecule has 0 spiro atoms. The number of halogens is 1. The number of benzene rings is 2. The number of hydrogen-bond acceptors (Lipinski definition) is 6. The Morgan fingerprint density at radius 2 is 1.94 bits per heavy atom. The number of hydrogen-bond donors (Lipinski definition) is 2. The van der Waals surface area contributed by atoms with E-state index in [1.165, 1.54) is 0 Å². The second-order valence-corrected chi connectivity index (χ2v) is 10.5. The van der Waals surface area contributed by atoms with E-state index in [1.54, 1.807) is 24.3 Å². The topological polar surface area (TPSA) is 103 Å². The molecule has 0 unspecified atom stereocenters. The third-order valence-electron chi connectivity index (χ3n) is 5.78. The first-order valence-corrected chi connectivity index (χ1v) is 12.1. The molecule has 1 heterocycles. The van der Waals surface area contributed by atoms with Crippen molar-refractivity contribution in [3.8, 4) is 11.8 Å². The van der Waals surface area contributed by atoms with E-state index in [0.717, 1.165) is 15.6 Å². The van der Waals surface area contributed by atoms with Crippen LogP contribution in [-0.4, -0.2) is 40.6 Å². The minimum atomic E-state index is -0.497. The van der Waals surface area contributed by atoms with Crippen LogP contribution in [0.4, 0.5) is 5.69 Å². The van der Waals surface area contributed by atoms with Crippen molar-refractivity contribution in [2.24, 2.45) is 5.92 Å². The Kier molecular flexibility index (Phi) is 8.01. The van der Waals surface area contributed by atoms with E-state index in [-0.39, 0.29) is 34.8 Å². The summed E-state index contributed by atoms with van der Waals surface area (Å²) in [5, 5.41) is 22.8. The molecular weight excluding hydrogens is 498 g/mol. The largest absolute Gasteiger partial charge is 0.504 e. The van der Waals surface area contributed by atoms with Gasteiger partial charge in [-0.1, -0.05) is 22.0 Å². The zero-order valence-electron chi connectivity index (χ0n) is 19.9. The van der Waals surface area contributed by atoms with Crippen molar-refractivity contribution in [2.45, 2.75) is 52.7 Å². The predicted octanol–water partition coefficient (Wildman–Crippen LogP) is 5.14. The molecule has 1 saturated heterocycles. The molecule has 180 valence electrons. The number of anilines is 1. The summed E-state index contributed by atoms with van der Waals surface area (Å²) in [6, 6.07) is 10.7. The highest BCUT2D eigenvalue weighted by Gasteiger charge is 2.29. The van der Waals surface area contributed by atoms with E-state index >= 15 is 0 Å². The van der Waals surface area contributed by atoms with Crippen LogP contribution in [0.5, 0.6) is 5.75 Å². The van der Waals surface area contributed by atoms with Crippen LogP contribution in [0.25, 0.3) is 0 Å². The van der Waals surface area contributed by atoms with Crippen molar-refractivity contribution in [2.75, 3.05) is 18.4 Å². The maximum atomic E-state index is 12.9. The van der Waals surface area contributed by atoms with Crippen LogP contribution in [0.3, 0.4) is 0 Å². The highest BCUT2D eigenvalue weighted by molar-refractivity contribution is 9.10. The monoisotopic (exact) mass is 527 g/mol. The number of likely N-dealkylation sites (tertiary alicyclic amines) is 1. The molecule has 3 rings (SSSR count). The summed E-state index contributed by atoms with van der Waals surface area (Å²) in [5.41, 5.74) is 1.85. The normalized spacial score (nSPS) is 14.9. The van der Waals surface area contributed by atoms with Crippen LogP contribution in [0.15, 0.2) is 34.8 Å². The van der Waals surface area contributed by atoms with Gasteiger partial charge in [-0.15, -0.1) is 0 Å². The number of nitrogens with zero attached hydrogens (tertiary/aromatic N) is 2. The second-order valence-electron chi connectivity index (χ2n) is 9.60. The van der Waals surface area contributed by atoms with Gasteiger partial charge in [0.25, 0.3) is 5.91 Å². The Bertz CT molecular complexity index is 1130. The molecule has 1 amide bonds. The molecule has 1 aliphatic heterocycles. The Morgan fingerprint density at radius 1 is 1.26 bits per heavy atom. The molecule has 2 N–H and O–H groups in total. The van der Waals surface area contributed by atoms with Crippen molar-refractivity contribution in [3.05, 3.63) is 57.1 Å². The zero-order chi connectivity index (χ0) is 25.0. The van der Waals surface area contributed by atoms with Crippen molar-refractivity contribution in [1.82, 2.24) is 4.90 Å². The Morgan fingerprint density at radius 3 is 2.56 bits per heavy atom. The Hall–Kier alpha value is -2.89. The minimum absolute atomic E-state index is 0.0994. The first kappa shape index (κ1) is 25.7. The van der Waals surface area contributed by atoms with E-state index in [4.69, 9.17) is 4.74 Å². The van der Waals surface area contributed by atoms with Gasteiger partial charge in [-0.3, -0.25) is 14.5 Å². The number of phenolic OH excluding ortho intramolecular Hbond substituents is 1. The number of nitriles is 1. The molecule has 0 saturated carbocycles. The number of carbonyl (C=O) groups is 2. The van der Waals surface area contributed by atoms with Crippen LogP contribution < -0.4 is 5.32 Å². The van der Waals surface area contributed by atoms with Crippen molar-refractivity contribution in [3.63, 3.8) is 0 Å². The summed E-state index contributed by atoms with van der Waals surface area (Å²) >= 11 is 3.42. The fourth-order valence-electron chi connectivity index (χ4n) is 3.98. The Balaban J connectivity index is 1.71. The summed E-state index contributed by atoms with van der Waals surface area (Å²) in [6.45, 7) is 9.40. The SMILES string of the molecule is Cc1c(Br)cccc1C(=O)Nc1cc(CN2CCC(C(=O)OC(C)(C)C)CC2)cc(C#N)c1O. The van der Waals surface area contributed by atoms with Crippen LogP contribution in [-0.2, 0) is 16.1 Å². The van der Waals surface area contributed by atoms with E-state index in [2.05, 4.69) is 26.1 Å². The van der Waals surface area contributed by atoms with Crippen LogP contribution in [0.2, 0.25) is 0 Å². The zero-order valence-corrected chi connectivity index (χ0v) is 21.5. The predicted molar refractivity (Wildman–Crippen MR) is 134 cm³/mol. The first-order chi connectivity index (χ1) is 16.0. The minimum Gasteiger partial charge on any atom is -0.504 e. The van der Waals surface area contributed by atoms with Crippen LogP contribution in [0.1, 0.15) is 60.7 Å². The lowest BCUT2D eigenvalue weighted by Gasteiger charge is -2.32. The first-order valence-electron chi connectivity index (χ1n) is 11.3. The van der Waals surface area contributed by atoms with E-state index in [1.807, 2.05) is 39.8 Å². The molecule has 2 aromatic carbocycles. The number of ether oxygens (including phenoxy) is 1. The molecular formula is C26H30BrN3O4. The number of carbonyl (C=O) groups excluding carboxylic acids is 2. The fourth-order valence-corrected chi connectivity index (χ4v) is 4.35. The van der Waals surface area contributed by atoms with Crippen molar-refractivity contribution in [1.29, 1.82) is 5.26 Å². The molecule has 2 aromatic rings.